The van der Waals surface area contributed by atoms with Crippen LogP contribution in [0.25, 0.3) is 16.7 Å². The summed E-state index contributed by atoms with van der Waals surface area (Å²) in [5.41, 5.74) is 1.66. The van der Waals surface area contributed by atoms with Gasteiger partial charge in [0.25, 0.3) is 18.1 Å². The summed E-state index contributed by atoms with van der Waals surface area (Å²) in [6.07, 6.45) is 1.11. The quantitative estimate of drug-likeness (QED) is 0.450. The highest BCUT2D eigenvalue weighted by Crippen LogP contribution is 2.34. The van der Waals surface area contributed by atoms with Gasteiger partial charge in [0.05, 0.1) is 12.2 Å². The number of alkyl halides is 3. The Morgan fingerprint density at radius 3 is 2.88 bits per heavy atom. The minimum atomic E-state index is -2.72. The molecule has 1 fully saturated rings. The number of benzene rings is 1. The zero-order valence-electron chi connectivity index (χ0n) is 18.0. The van der Waals surface area contributed by atoms with E-state index in [1.807, 2.05) is 29.0 Å². The fourth-order valence-corrected chi connectivity index (χ4v) is 4.67. The Morgan fingerprint density at radius 1 is 1.24 bits per heavy atom. The van der Waals surface area contributed by atoms with E-state index in [-0.39, 0.29) is 35.8 Å². The van der Waals surface area contributed by atoms with Crippen molar-refractivity contribution in [3.63, 3.8) is 0 Å². The summed E-state index contributed by atoms with van der Waals surface area (Å²) in [5, 5.41) is 5.05. The van der Waals surface area contributed by atoms with E-state index >= 15 is 0 Å². The summed E-state index contributed by atoms with van der Waals surface area (Å²) in [6.45, 7) is 2.82. The highest BCUT2D eigenvalue weighted by Gasteiger charge is 2.33. The van der Waals surface area contributed by atoms with E-state index in [4.69, 9.17) is 0 Å². The number of hydrogen-bond acceptors (Lipinski definition) is 4. The molecule has 2 atom stereocenters. The molecular weight excluding hydrogens is 433 g/mol. The molecule has 0 unspecified atom stereocenters. The molecule has 33 heavy (non-hydrogen) atoms. The molecule has 0 N–H and O–H groups in total. The second-order valence-corrected chi connectivity index (χ2v) is 8.47. The number of carbonyl (C=O) groups is 1. The first-order chi connectivity index (χ1) is 16.0. The summed E-state index contributed by atoms with van der Waals surface area (Å²) in [4.78, 5) is 23.0. The highest BCUT2D eigenvalue weighted by atomic mass is 19.3. The van der Waals surface area contributed by atoms with Crippen molar-refractivity contribution in [3.05, 3.63) is 59.8 Å². The Bertz CT molecular complexity index is 1320. The Labute approximate surface area is 187 Å². The lowest BCUT2D eigenvalue weighted by atomic mass is 9.84. The summed E-state index contributed by atoms with van der Waals surface area (Å²) in [7, 11) is 0. The fraction of sp³-hybridized carbons (Fsp3) is 0.391. The second-order valence-electron chi connectivity index (χ2n) is 8.47. The molecule has 5 rings (SSSR count). The van der Waals surface area contributed by atoms with Gasteiger partial charge < -0.3 is 9.47 Å². The normalized spacial score (nSPS) is 19.1. The predicted molar refractivity (Wildman–Crippen MR) is 116 cm³/mol. The molecule has 1 aliphatic heterocycles. The first-order valence-electron chi connectivity index (χ1n) is 10.9. The third-order valence-electron chi connectivity index (χ3n) is 6.49. The van der Waals surface area contributed by atoms with Crippen LogP contribution in [0.2, 0.25) is 0 Å². The molecule has 7 nitrogen and oxygen atoms in total. The Hall–Kier alpha value is -3.43. The van der Waals surface area contributed by atoms with Gasteiger partial charge in [-0.25, -0.2) is 22.7 Å². The van der Waals surface area contributed by atoms with Gasteiger partial charge in [-0.1, -0.05) is 6.92 Å². The van der Waals surface area contributed by atoms with Gasteiger partial charge in [-0.15, -0.1) is 0 Å². The largest absolute Gasteiger partial charge is 0.345 e. The molecule has 0 radical (unpaired) electrons. The van der Waals surface area contributed by atoms with Gasteiger partial charge in [-0.05, 0) is 42.7 Å². The maximum absolute atomic E-state index is 13.4. The lowest BCUT2D eigenvalue weighted by molar-refractivity contribution is 0.0665. The topological polar surface area (TPSA) is 68.3 Å². The fourth-order valence-electron chi connectivity index (χ4n) is 4.67. The van der Waals surface area contributed by atoms with Gasteiger partial charge in [0.15, 0.2) is 0 Å². The SMILES string of the molecule is C[C@H]1CCN(C(=O)c2ccc3c(ccn3CCF)c2)C[C@@H]1c1cc(C(F)F)nc2ncnn12. The molecule has 1 aliphatic rings. The molecule has 0 spiro atoms. The molecule has 1 saturated heterocycles. The average molecular weight is 456 g/mol. The van der Waals surface area contributed by atoms with Gasteiger partial charge in [-0.2, -0.15) is 10.1 Å². The summed E-state index contributed by atoms with van der Waals surface area (Å²) >= 11 is 0. The number of aryl methyl sites for hydroxylation is 1. The lowest BCUT2D eigenvalue weighted by Crippen LogP contribution is -2.42. The number of rotatable bonds is 5. The molecule has 3 aromatic heterocycles. The van der Waals surface area contributed by atoms with E-state index in [9.17, 15) is 18.0 Å². The van der Waals surface area contributed by atoms with Crippen LogP contribution < -0.4 is 0 Å². The first-order valence-corrected chi connectivity index (χ1v) is 10.9. The van der Waals surface area contributed by atoms with E-state index in [0.29, 0.717) is 24.3 Å². The van der Waals surface area contributed by atoms with Crippen molar-refractivity contribution in [2.24, 2.45) is 5.92 Å². The molecule has 10 heteroatoms. The summed E-state index contributed by atoms with van der Waals surface area (Å²) in [6, 6.07) is 8.65. The maximum atomic E-state index is 13.4. The number of carbonyl (C=O) groups excluding carboxylic acids is 1. The van der Waals surface area contributed by atoms with Crippen molar-refractivity contribution in [1.82, 2.24) is 29.0 Å². The molecule has 172 valence electrons. The minimum absolute atomic E-state index is 0.120. The van der Waals surface area contributed by atoms with Crippen molar-refractivity contribution >= 4 is 22.6 Å². The van der Waals surface area contributed by atoms with Gasteiger partial charge in [0.1, 0.15) is 18.7 Å². The van der Waals surface area contributed by atoms with E-state index in [0.717, 1.165) is 17.3 Å². The standard InChI is InChI=1S/C23H23F3N6O/c1-14-4-7-31(22(33)16-2-3-19-15(10-16)5-8-30(19)9-6-24)12-17(14)20-11-18(21(25)26)29-23-27-13-28-32(20)23/h2-3,5,8,10-11,13-14,17,21H,4,6-7,9,12H2,1H3/t14-,17-/m0/s1. The molecule has 4 aromatic rings. The van der Waals surface area contributed by atoms with Crippen molar-refractivity contribution in [3.8, 4) is 0 Å². The Kier molecular flexibility index (Phi) is 5.51. The Morgan fingerprint density at radius 2 is 2.09 bits per heavy atom. The van der Waals surface area contributed by atoms with E-state index < -0.39 is 13.1 Å². The predicted octanol–water partition coefficient (Wildman–Crippen LogP) is 4.25. The van der Waals surface area contributed by atoms with Gasteiger partial charge in [-0.3, -0.25) is 4.79 Å². The third-order valence-corrected chi connectivity index (χ3v) is 6.49. The number of halogens is 3. The van der Waals surface area contributed by atoms with Crippen LogP contribution in [0, 0.1) is 5.92 Å². The van der Waals surface area contributed by atoms with E-state index in [1.54, 1.807) is 11.0 Å². The van der Waals surface area contributed by atoms with Crippen LogP contribution in [0.1, 0.15) is 47.4 Å². The summed E-state index contributed by atoms with van der Waals surface area (Å²) in [5.74, 6) is -0.0277. The monoisotopic (exact) mass is 456 g/mol. The van der Waals surface area contributed by atoms with Gasteiger partial charge in [0.2, 0.25) is 0 Å². The highest BCUT2D eigenvalue weighted by molar-refractivity contribution is 5.98. The summed E-state index contributed by atoms with van der Waals surface area (Å²) < 4.78 is 42.9. The number of fused-ring (bicyclic) bond motifs is 2. The number of piperidine rings is 1. The van der Waals surface area contributed by atoms with Crippen molar-refractivity contribution in [1.29, 1.82) is 0 Å². The number of amides is 1. The van der Waals surface area contributed by atoms with Gasteiger partial charge in [0, 0.05) is 41.7 Å². The number of aromatic nitrogens is 5. The van der Waals surface area contributed by atoms with Crippen LogP contribution in [0.3, 0.4) is 0 Å². The number of hydrogen-bond donors (Lipinski definition) is 0. The van der Waals surface area contributed by atoms with Gasteiger partial charge >= 0.3 is 0 Å². The zero-order chi connectivity index (χ0) is 23.1. The van der Waals surface area contributed by atoms with Crippen LogP contribution in [-0.4, -0.2) is 54.7 Å². The molecule has 0 aliphatic carbocycles. The molecule has 1 amide bonds. The molecule has 0 saturated carbocycles. The third kappa shape index (κ3) is 3.83. The number of likely N-dealkylation sites (tertiary alicyclic amines) is 1. The van der Waals surface area contributed by atoms with Crippen LogP contribution in [0.15, 0.2) is 42.9 Å². The van der Waals surface area contributed by atoms with Crippen LogP contribution in [0.5, 0.6) is 0 Å². The lowest BCUT2D eigenvalue weighted by Gasteiger charge is -2.37. The average Bonchev–Trinajstić information content (AvgIpc) is 3.45. The maximum Gasteiger partial charge on any atom is 0.280 e. The van der Waals surface area contributed by atoms with Crippen LogP contribution >= 0.6 is 0 Å². The van der Waals surface area contributed by atoms with Crippen LogP contribution in [-0.2, 0) is 6.54 Å². The van der Waals surface area contributed by atoms with Crippen molar-refractivity contribution in [2.75, 3.05) is 19.8 Å². The zero-order valence-corrected chi connectivity index (χ0v) is 18.0. The van der Waals surface area contributed by atoms with Crippen molar-refractivity contribution < 1.29 is 18.0 Å². The smallest absolute Gasteiger partial charge is 0.280 e. The molecule has 1 aromatic carbocycles. The van der Waals surface area contributed by atoms with E-state index in [2.05, 4.69) is 22.0 Å². The molecule has 4 heterocycles. The minimum Gasteiger partial charge on any atom is -0.345 e. The van der Waals surface area contributed by atoms with Crippen LogP contribution in [0.4, 0.5) is 13.2 Å². The van der Waals surface area contributed by atoms with Crippen molar-refractivity contribution in [2.45, 2.75) is 32.2 Å². The molecule has 0 bridgehead atoms. The second kappa shape index (κ2) is 8.49. The Balaban J connectivity index is 1.45. The number of nitrogens with zero attached hydrogens (tertiary/aromatic N) is 6. The molecular formula is C23H23F3N6O. The van der Waals surface area contributed by atoms with E-state index in [1.165, 1.54) is 16.9 Å². The first kappa shape index (κ1) is 21.4.